The van der Waals surface area contributed by atoms with E-state index in [1.807, 2.05) is 0 Å². The van der Waals surface area contributed by atoms with Gasteiger partial charge in [0.15, 0.2) is 0 Å². The molecule has 1 fully saturated rings. The maximum atomic E-state index is 14.0. The highest BCUT2D eigenvalue weighted by atomic mass is 35.5. The van der Waals surface area contributed by atoms with Gasteiger partial charge in [0.1, 0.15) is 5.82 Å². The van der Waals surface area contributed by atoms with Gasteiger partial charge in [-0.3, -0.25) is 0 Å². The van der Waals surface area contributed by atoms with Gasteiger partial charge in [-0.05, 0) is 37.8 Å². The molecule has 1 aromatic carbocycles. The zero-order chi connectivity index (χ0) is 15.7. The molecule has 1 aliphatic carbocycles. The predicted octanol–water partition coefficient (Wildman–Crippen LogP) is 2.50. The Kier molecular flexibility index (Phi) is 4.17. The number of nitrogens with zero attached hydrogens (tertiary/aromatic N) is 1. The molecule has 0 atom stereocenters. The number of nitrogens with two attached hydrogens (primary N) is 1. The lowest BCUT2D eigenvalue weighted by Crippen LogP contribution is -2.32. The van der Waals surface area contributed by atoms with E-state index in [1.165, 1.54) is 6.07 Å². The van der Waals surface area contributed by atoms with Crippen molar-refractivity contribution in [2.75, 3.05) is 5.32 Å². The van der Waals surface area contributed by atoms with E-state index in [0.29, 0.717) is 11.3 Å². The van der Waals surface area contributed by atoms with Crippen LogP contribution in [0.1, 0.15) is 25.7 Å². The first-order valence-corrected chi connectivity index (χ1v) is 7.48. The van der Waals surface area contributed by atoms with Crippen LogP contribution >= 0.6 is 11.6 Å². The summed E-state index contributed by atoms with van der Waals surface area (Å²) in [6, 6.07) is 3.23. The van der Waals surface area contributed by atoms with E-state index in [4.69, 9.17) is 21.8 Å². The SMILES string of the molecule is N[C@H]1CC[C@H](Nc2cc(-c3n[nH]c(=O)o3)cc(F)c2Cl)CC1. The molecular formula is C14H16ClFN4O2. The minimum atomic E-state index is -0.693. The Hall–Kier alpha value is -1.86. The van der Waals surface area contributed by atoms with Crippen LogP contribution in [-0.4, -0.2) is 22.3 Å². The minimum Gasteiger partial charge on any atom is -0.388 e. The largest absolute Gasteiger partial charge is 0.434 e. The molecule has 1 heterocycles. The molecule has 0 radical (unpaired) electrons. The van der Waals surface area contributed by atoms with Crippen LogP contribution in [0, 0.1) is 5.82 Å². The number of halogens is 2. The molecule has 1 aliphatic rings. The first-order valence-electron chi connectivity index (χ1n) is 7.10. The Bertz CT molecular complexity index is 722. The molecule has 8 heteroatoms. The smallest absolute Gasteiger partial charge is 0.388 e. The molecule has 0 aliphatic heterocycles. The average Bonchev–Trinajstić information content (AvgIpc) is 2.92. The molecule has 0 saturated heterocycles. The van der Waals surface area contributed by atoms with Gasteiger partial charge in [-0.15, -0.1) is 5.10 Å². The number of benzene rings is 1. The molecule has 0 unspecified atom stereocenters. The fourth-order valence-electron chi connectivity index (χ4n) is 2.65. The first-order chi connectivity index (χ1) is 10.5. The van der Waals surface area contributed by atoms with Crippen LogP contribution < -0.4 is 16.8 Å². The van der Waals surface area contributed by atoms with Crippen LogP contribution in [0.15, 0.2) is 21.3 Å². The van der Waals surface area contributed by atoms with Crippen molar-refractivity contribution in [1.82, 2.24) is 10.2 Å². The van der Waals surface area contributed by atoms with Crippen molar-refractivity contribution in [2.24, 2.45) is 5.73 Å². The molecule has 0 spiro atoms. The van der Waals surface area contributed by atoms with Gasteiger partial charge in [0.25, 0.3) is 0 Å². The van der Waals surface area contributed by atoms with Crippen LogP contribution in [0.5, 0.6) is 0 Å². The molecule has 22 heavy (non-hydrogen) atoms. The Labute approximate surface area is 130 Å². The molecular weight excluding hydrogens is 311 g/mol. The number of hydrogen-bond acceptors (Lipinski definition) is 5. The summed E-state index contributed by atoms with van der Waals surface area (Å²) >= 11 is 6.02. The van der Waals surface area contributed by atoms with Gasteiger partial charge in [-0.1, -0.05) is 11.6 Å². The Morgan fingerprint density at radius 2 is 2.09 bits per heavy atom. The van der Waals surface area contributed by atoms with Crippen LogP contribution in [0.2, 0.25) is 5.02 Å². The summed E-state index contributed by atoms with van der Waals surface area (Å²) in [4.78, 5) is 11.0. The maximum Gasteiger partial charge on any atom is 0.434 e. The van der Waals surface area contributed by atoms with Gasteiger partial charge in [-0.2, -0.15) is 0 Å². The third-order valence-electron chi connectivity index (χ3n) is 3.84. The lowest BCUT2D eigenvalue weighted by molar-refractivity contribution is 0.411. The third-order valence-corrected chi connectivity index (χ3v) is 4.23. The number of anilines is 1. The van der Waals surface area contributed by atoms with Crippen molar-refractivity contribution in [3.8, 4) is 11.5 Å². The van der Waals surface area contributed by atoms with Gasteiger partial charge in [0.2, 0.25) is 5.89 Å². The Balaban J connectivity index is 1.87. The zero-order valence-corrected chi connectivity index (χ0v) is 12.5. The molecule has 0 bridgehead atoms. The van der Waals surface area contributed by atoms with E-state index in [2.05, 4.69) is 15.5 Å². The topological polar surface area (TPSA) is 96.9 Å². The van der Waals surface area contributed by atoms with Gasteiger partial charge in [0, 0.05) is 17.6 Å². The van der Waals surface area contributed by atoms with E-state index < -0.39 is 11.6 Å². The lowest BCUT2D eigenvalue weighted by Gasteiger charge is -2.28. The quantitative estimate of drug-likeness (QED) is 0.805. The molecule has 3 rings (SSSR count). The fraction of sp³-hybridized carbons (Fsp3) is 0.429. The lowest BCUT2D eigenvalue weighted by atomic mass is 9.91. The Morgan fingerprint density at radius 1 is 1.36 bits per heavy atom. The number of hydrogen-bond donors (Lipinski definition) is 3. The van der Waals surface area contributed by atoms with E-state index >= 15 is 0 Å². The zero-order valence-electron chi connectivity index (χ0n) is 11.7. The highest BCUT2D eigenvalue weighted by molar-refractivity contribution is 6.33. The van der Waals surface area contributed by atoms with Crippen molar-refractivity contribution in [1.29, 1.82) is 0 Å². The summed E-state index contributed by atoms with van der Waals surface area (Å²) in [5.41, 5.74) is 6.68. The number of H-pyrrole nitrogens is 1. The molecule has 6 nitrogen and oxygen atoms in total. The van der Waals surface area contributed by atoms with Crippen molar-refractivity contribution in [3.63, 3.8) is 0 Å². The van der Waals surface area contributed by atoms with Crippen LogP contribution in [0.3, 0.4) is 0 Å². The van der Waals surface area contributed by atoms with E-state index in [-0.39, 0.29) is 23.0 Å². The molecule has 1 aromatic heterocycles. The van der Waals surface area contributed by atoms with Crippen LogP contribution in [0.25, 0.3) is 11.5 Å². The standard InChI is InChI=1S/C14H16ClFN4O2/c15-12-10(16)5-7(13-19-20-14(21)22-13)6-11(12)18-9-3-1-8(17)2-4-9/h5-6,8-9,18H,1-4,17H2,(H,20,21)/t8-,9-. The summed E-state index contributed by atoms with van der Waals surface area (Å²) in [5, 5.41) is 9.09. The fourth-order valence-corrected chi connectivity index (χ4v) is 2.82. The number of rotatable bonds is 3. The summed E-state index contributed by atoms with van der Waals surface area (Å²) < 4.78 is 18.8. The maximum absolute atomic E-state index is 14.0. The third kappa shape index (κ3) is 3.15. The first kappa shape index (κ1) is 15.1. The molecule has 0 amide bonds. The van der Waals surface area contributed by atoms with Crippen molar-refractivity contribution < 1.29 is 8.81 Å². The number of aromatic nitrogens is 2. The van der Waals surface area contributed by atoms with Crippen molar-refractivity contribution in [3.05, 3.63) is 33.5 Å². The average molecular weight is 327 g/mol. The van der Waals surface area contributed by atoms with Crippen molar-refractivity contribution >= 4 is 17.3 Å². The second-order valence-corrected chi connectivity index (χ2v) is 5.87. The monoisotopic (exact) mass is 326 g/mol. The normalized spacial score (nSPS) is 21.8. The highest BCUT2D eigenvalue weighted by Gasteiger charge is 2.21. The second kappa shape index (κ2) is 6.10. The second-order valence-electron chi connectivity index (χ2n) is 5.49. The summed E-state index contributed by atoms with van der Waals surface area (Å²) in [5.74, 6) is -1.27. The molecule has 118 valence electrons. The van der Waals surface area contributed by atoms with E-state index in [0.717, 1.165) is 25.7 Å². The van der Waals surface area contributed by atoms with E-state index in [1.54, 1.807) is 6.07 Å². The molecule has 2 aromatic rings. The molecule has 4 N–H and O–H groups in total. The summed E-state index contributed by atoms with van der Waals surface area (Å²) in [6.45, 7) is 0. The highest BCUT2D eigenvalue weighted by Crippen LogP contribution is 2.32. The summed E-state index contributed by atoms with van der Waals surface area (Å²) in [6.07, 6.45) is 3.65. The van der Waals surface area contributed by atoms with Gasteiger partial charge < -0.3 is 15.5 Å². The summed E-state index contributed by atoms with van der Waals surface area (Å²) in [7, 11) is 0. The van der Waals surface area contributed by atoms with E-state index in [9.17, 15) is 9.18 Å². The van der Waals surface area contributed by atoms with Crippen LogP contribution in [0.4, 0.5) is 10.1 Å². The number of nitrogens with one attached hydrogen (secondary N) is 2. The number of aromatic amines is 1. The molecule has 1 saturated carbocycles. The predicted molar refractivity (Wildman–Crippen MR) is 81.4 cm³/mol. The van der Waals surface area contributed by atoms with Crippen LogP contribution in [-0.2, 0) is 0 Å². The van der Waals surface area contributed by atoms with Gasteiger partial charge in [-0.25, -0.2) is 14.3 Å². The van der Waals surface area contributed by atoms with Gasteiger partial charge in [0.05, 0.1) is 10.7 Å². The Morgan fingerprint density at radius 3 is 2.73 bits per heavy atom. The van der Waals surface area contributed by atoms with Gasteiger partial charge >= 0.3 is 5.76 Å². The minimum absolute atomic E-state index is 0.0107. The van der Waals surface area contributed by atoms with Crippen molar-refractivity contribution in [2.45, 2.75) is 37.8 Å².